The van der Waals surface area contributed by atoms with Crippen LogP contribution in [0.5, 0.6) is 17.2 Å². The number of nitrogens with zero attached hydrogens (tertiary/aromatic N) is 3. The third-order valence-electron chi connectivity index (χ3n) is 4.91. The van der Waals surface area contributed by atoms with Crippen molar-refractivity contribution in [3.63, 3.8) is 0 Å². The second-order valence-corrected chi connectivity index (χ2v) is 8.28. The number of ether oxygens (including phenoxy) is 3. The molecule has 0 spiro atoms. The molecule has 9 nitrogen and oxygen atoms in total. The molecule has 0 atom stereocenters. The molecule has 2 aromatic heterocycles. The van der Waals surface area contributed by atoms with Crippen molar-refractivity contribution in [2.75, 3.05) is 26.6 Å². The lowest BCUT2D eigenvalue weighted by molar-refractivity contribution is -0.117. The van der Waals surface area contributed by atoms with Crippen LogP contribution in [0.3, 0.4) is 0 Å². The minimum Gasteiger partial charge on any atom is -0.497 e. The third-order valence-corrected chi connectivity index (χ3v) is 5.89. The van der Waals surface area contributed by atoms with Gasteiger partial charge in [-0.25, -0.2) is 9.67 Å². The lowest BCUT2D eigenvalue weighted by atomic mass is 10.1. The maximum absolute atomic E-state index is 13.0. The molecule has 170 valence electrons. The summed E-state index contributed by atoms with van der Waals surface area (Å²) in [7, 11) is 4.65. The summed E-state index contributed by atoms with van der Waals surface area (Å²) < 4.78 is 17.7. The van der Waals surface area contributed by atoms with Gasteiger partial charge in [0, 0.05) is 17.3 Å². The van der Waals surface area contributed by atoms with Crippen LogP contribution in [0.15, 0.2) is 47.3 Å². The average molecular weight is 467 g/mol. The van der Waals surface area contributed by atoms with E-state index in [1.165, 1.54) is 11.3 Å². The van der Waals surface area contributed by atoms with Crippen molar-refractivity contribution in [1.82, 2.24) is 14.8 Å². The summed E-state index contributed by atoms with van der Waals surface area (Å²) in [5.74, 6) is 1.31. The van der Waals surface area contributed by atoms with Crippen LogP contribution in [0, 0.1) is 6.92 Å². The van der Waals surface area contributed by atoms with Crippen LogP contribution in [0.25, 0.3) is 21.5 Å². The highest BCUT2D eigenvalue weighted by atomic mass is 32.1. The van der Waals surface area contributed by atoms with E-state index in [9.17, 15) is 9.59 Å². The van der Waals surface area contributed by atoms with Crippen LogP contribution in [-0.4, -0.2) is 42.0 Å². The van der Waals surface area contributed by atoms with Crippen LogP contribution in [0.2, 0.25) is 0 Å². The van der Waals surface area contributed by atoms with Gasteiger partial charge in [0.15, 0.2) is 17.0 Å². The van der Waals surface area contributed by atoms with Crippen LogP contribution in [-0.2, 0) is 11.3 Å². The average Bonchev–Trinajstić information content (AvgIpc) is 3.22. The Morgan fingerprint density at radius 3 is 2.58 bits per heavy atom. The predicted octanol–water partition coefficient (Wildman–Crippen LogP) is 3.49. The van der Waals surface area contributed by atoms with E-state index < -0.39 is 11.5 Å². The number of nitrogens with one attached hydrogen (secondary N) is 1. The Kier molecular flexibility index (Phi) is 6.27. The molecule has 0 saturated heterocycles. The first-order valence-corrected chi connectivity index (χ1v) is 10.8. The minimum absolute atomic E-state index is 0.270. The molecule has 0 bridgehead atoms. The van der Waals surface area contributed by atoms with E-state index in [1.54, 1.807) is 57.7 Å². The quantitative estimate of drug-likeness (QED) is 0.445. The number of aromatic nitrogens is 3. The maximum atomic E-state index is 13.0. The van der Waals surface area contributed by atoms with Crippen molar-refractivity contribution in [1.29, 1.82) is 0 Å². The molecule has 10 heteroatoms. The van der Waals surface area contributed by atoms with Crippen LogP contribution >= 0.6 is 11.3 Å². The number of thiazole rings is 1. The minimum atomic E-state index is -0.431. The fraction of sp³-hybridized carbons (Fsp3) is 0.217. The largest absolute Gasteiger partial charge is 0.497 e. The van der Waals surface area contributed by atoms with Crippen molar-refractivity contribution in [2.24, 2.45) is 0 Å². The smallest absolute Gasteiger partial charge is 0.294 e. The van der Waals surface area contributed by atoms with E-state index in [1.807, 2.05) is 13.0 Å². The molecule has 0 saturated carbocycles. The summed E-state index contributed by atoms with van der Waals surface area (Å²) in [6.45, 7) is 1.55. The number of amides is 1. The lowest BCUT2D eigenvalue weighted by Crippen LogP contribution is -2.30. The second kappa shape index (κ2) is 9.29. The number of carbonyl (C=O) groups excluding carboxylic acids is 1. The molecular weight excluding hydrogens is 444 g/mol. The van der Waals surface area contributed by atoms with Crippen molar-refractivity contribution >= 4 is 33.1 Å². The second-order valence-electron chi connectivity index (χ2n) is 7.07. The molecule has 2 aromatic carbocycles. The fourth-order valence-electron chi connectivity index (χ4n) is 3.38. The normalized spacial score (nSPS) is 10.8. The Bertz CT molecular complexity index is 1400. The van der Waals surface area contributed by atoms with Gasteiger partial charge in [-0.05, 0) is 37.3 Å². The first kappa shape index (κ1) is 22.3. The zero-order valence-corrected chi connectivity index (χ0v) is 19.4. The van der Waals surface area contributed by atoms with Crippen molar-refractivity contribution in [2.45, 2.75) is 13.5 Å². The number of fused-ring (bicyclic) bond motifs is 1. The number of benzene rings is 2. The summed E-state index contributed by atoms with van der Waals surface area (Å²) in [5, 5.41) is 8.01. The van der Waals surface area contributed by atoms with E-state index >= 15 is 0 Å². The van der Waals surface area contributed by atoms with Crippen molar-refractivity contribution in [3.8, 4) is 28.5 Å². The first-order valence-electron chi connectivity index (χ1n) is 9.98. The number of hydrogen-bond donors (Lipinski definition) is 1. The summed E-state index contributed by atoms with van der Waals surface area (Å²) in [5.41, 5.74) is 1.64. The monoisotopic (exact) mass is 466 g/mol. The number of hydrogen-bond acceptors (Lipinski definition) is 8. The zero-order valence-electron chi connectivity index (χ0n) is 18.5. The Hall–Kier alpha value is -3.92. The van der Waals surface area contributed by atoms with Gasteiger partial charge in [0.25, 0.3) is 5.56 Å². The van der Waals surface area contributed by atoms with Gasteiger partial charge in [0.1, 0.15) is 18.0 Å². The molecule has 1 amide bonds. The van der Waals surface area contributed by atoms with Gasteiger partial charge in [-0.2, -0.15) is 5.10 Å². The van der Waals surface area contributed by atoms with E-state index in [0.717, 1.165) is 9.69 Å². The summed E-state index contributed by atoms with van der Waals surface area (Å²) >= 11 is 1.37. The van der Waals surface area contributed by atoms with Gasteiger partial charge >= 0.3 is 0 Å². The molecule has 0 aliphatic carbocycles. The highest BCUT2D eigenvalue weighted by molar-refractivity contribution is 7.19. The highest BCUT2D eigenvalue weighted by Crippen LogP contribution is 2.35. The lowest BCUT2D eigenvalue weighted by Gasteiger charge is -2.12. The van der Waals surface area contributed by atoms with Crippen molar-refractivity contribution in [3.05, 3.63) is 57.8 Å². The molecule has 2 heterocycles. The Morgan fingerprint density at radius 2 is 1.85 bits per heavy atom. The predicted molar refractivity (Wildman–Crippen MR) is 127 cm³/mol. The van der Waals surface area contributed by atoms with Crippen molar-refractivity contribution < 1.29 is 19.0 Å². The molecule has 0 unspecified atom stereocenters. The van der Waals surface area contributed by atoms with Gasteiger partial charge in [-0.3, -0.25) is 9.59 Å². The Morgan fingerprint density at radius 1 is 1.06 bits per heavy atom. The summed E-state index contributed by atoms with van der Waals surface area (Å²) in [6, 6.07) is 12.3. The first-order chi connectivity index (χ1) is 15.9. The van der Waals surface area contributed by atoms with Gasteiger partial charge in [-0.15, -0.1) is 11.3 Å². The third kappa shape index (κ3) is 4.51. The molecule has 0 aliphatic heterocycles. The van der Waals surface area contributed by atoms with E-state index in [0.29, 0.717) is 38.9 Å². The molecule has 0 aliphatic rings. The fourth-order valence-corrected chi connectivity index (χ4v) is 4.30. The van der Waals surface area contributed by atoms with Gasteiger partial charge < -0.3 is 19.5 Å². The number of anilines is 1. The van der Waals surface area contributed by atoms with Crippen LogP contribution in [0.4, 0.5) is 5.69 Å². The van der Waals surface area contributed by atoms with Gasteiger partial charge in [0.05, 0.1) is 31.0 Å². The molecule has 0 radical (unpaired) electrons. The maximum Gasteiger partial charge on any atom is 0.294 e. The van der Waals surface area contributed by atoms with Crippen LogP contribution < -0.4 is 25.1 Å². The van der Waals surface area contributed by atoms with E-state index in [-0.39, 0.29) is 12.1 Å². The molecule has 4 aromatic rings. The molecule has 4 rings (SSSR count). The molecule has 1 N–H and O–H groups in total. The number of methoxy groups -OCH3 is 3. The number of aryl methyl sites for hydroxylation is 1. The van der Waals surface area contributed by atoms with E-state index in [2.05, 4.69) is 15.4 Å². The molecule has 33 heavy (non-hydrogen) atoms. The van der Waals surface area contributed by atoms with Gasteiger partial charge in [0.2, 0.25) is 5.91 Å². The van der Waals surface area contributed by atoms with Crippen LogP contribution in [0.1, 0.15) is 5.01 Å². The highest BCUT2D eigenvalue weighted by Gasteiger charge is 2.19. The Labute approximate surface area is 193 Å². The zero-order chi connectivity index (χ0) is 23.5. The van der Waals surface area contributed by atoms with E-state index in [4.69, 9.17) is 14.2 Å². The van der Waals surface area contributed by atoms with Gasteiger partial charge in [-0.1, -0.05) is 6.07 Å². The summed E-state index contributed by atoms with van der Waals surface area (Å²) in [4.78, 5) is 30.1. The number of rotatable bonds is 7. The Balaban J connectivity index is 1.74. The SMILES string of the molecule is COc1cccc(NC(=O)Cn2nc(-c3ccc(OC)c(OC)c3)c3sc(C)nc3c2=O)c1. The standard InChI is InChI=1S/C23H22N4O5S/c1-13-24-21-22(33-13)20(14-8-9-17(31-3)18(10-14)32-4)26-27(23(21)29)12-19(28)25-15-6-5-7-16(11-15)30-2/h5-11H,12H2,1-4H3,(H,25,28). The topological polar surface area (TPSA) is 105 Å². The number of carbonyl (C=O) groups is 1. The molecular formula is C23H22N4O5S. The molecule has 0 fully saturated rings. The summed E-state index contributed by atoms with van der Waals surface area (Å²) in [6.07, 6.45) is 0.